The van der Waals surface area contributed by atoms with Crippen LogP contribution in [0.1, 0.15) is 52.4 Å². The van der Waals surface area contributed by atoms with Crippen molar-refractivity contribution in [2.24, 2.45) is 16.3 Å². The zero-order valence-corrected chi connectivity index (χ0v) is 15.1. The Morgan fingerprint density at radius 2 is 2.04 bits per heavy atom. The fourth-order valence-electron chi connectivity index (χ4n) is 3.96. The van der Waals surface area contributed by atoms with Crippen molar-refractivity contribution in [1.29, 1.82) is 0 Å². The molecule has 3 saturated carbocycles. The van der Waals surface area contributed by atoms with E-state index in [1.165, 1.54) is 19.3 Å². The van der Waals surface area contributed by atoms with Gasteiger partial charge >= 0.3 is 0 Å². The zero-order valence-electron chi connectivity index (χ0n) is 15.1. The maximum atomic E-state index is 11.6. The van der Waals surface area contributed by atoms with E-state index >= 15 is 0 Å². The molecular weight excluding hydrogens is 304 g/mol. The number of hydrogen-bond donors (Lipinski definition) is 3. The van der Waals surface area contributed by atoms with E-state index in [0.29, 0.717) is 30.7 Å². The predicted molar refractivity (Wildman–Crippen MR) is 95.0 cm³/mol. The maximum absolute atomic E-state index is 11.6. The lowest BCUT2D eigenvalue weighted by atomic mass is 9.51. The third-order valence-electron chi connectivity index (χ3n) is 5.72. The van der Waals surface area contributed by atoms with E-state index in [2.05, 4.69) is 34.8 Å². The molecule has 24 heavy (non-hydrogen) atoms. The molecule has 1 amide bonds. The number of carbonyl (C=O) groups excluding carboxylic acids is 1. The van der Waals surface area contributed by atoms with Gasteiger partial charge in [-0.3, -0.25) is 9.79 Å². The highest BCUT2D eigenvalue weighted by Gasteiger charge is 2.59. The monoisotopic (exact) mass is 336 g/mol. The third-order valence-corrected chi connectivity index (χ3v) is 5.72. The normalized spacial score (nSPS) is 28.0. The van der Waals surface area contributed by atoms with Gasteiger partial charge in [-0.2, -0.15) is 0 Å². The Hall–Kier alpha value is -1.30. The first-order valence-corrected chi connectivity index (χ1v) is 9.63. The molecule has 0 aliphatic heterocycles. The van der Waals surface area contributed by atoms with Crippen LogP contribution >= 0.6 is 0 Å². The third kappa shape index (κ3) is 3.68. The van der Waals surface area contributed by atoms with Crippen LogP contribution in [0.25, 0.3) is 0 Å². The Balaban J connectivity index is 1.46. The summed E-state index contributed by atoms with van der Waals surface area (Å²) in [5.74, 6) is 1.32. The zero-order chi connectivity index (χ0) is 17.0. The van der Waals surface area contributed by atoms with Gasteiger partial charge in [0.15, 0.2) is 5.96 Å². The van der Waals surface area contributed by atoms with Crippen LogP contribution in [0.3, 0.4) is 0 Å². The Labute approximate surface area is 145 Å². The topological polar surface area (TPSA) is 74.8 Å². The SMILES string of the molecule is CCNC(=NCCNC(=O)C1CC1)NC1CC(OCC)C12CCC2. The summed E-state index contributed by atoms with van der Waals surface area (Å²) in [6.07, 6.45) is 7.39. The minimum Gasteiger partial charge on any atom is -0.378 e. The summed E-state index contributed by atoms with van der Waals surface area (Å²) in [6, 6.07) is 0.460. The molecule has 0 radical (unpaired) electrons. The van der Waals surface area contributed by atoms with Crippen molar-refractivity contribution in [3.05, 3.63) is 0 Å². The van der Waals surface area contributed by atoms with E-state index in [1.807, 2.05) is 0 Å². The van der Waals surface area contributed by atoms with Gasteiger partial charge in [0.2, 0.25) is 5.91 Å². The van der Waals surface area contributed by atoms with Crippen molar-refractivity contribution in [3.8, 4) is 0 Å². The molecule has 6 heteroatoms. The lowest BCUT2D eigenvalue weighted by Gasteiger charge is -2.61. The number of rotatable bonds is 8. The second-order valence-corrected chi connectivity index (χ2v) is 7.29. The summed E-state index contributed by atoms with van der Waals surface area (Å²) >= 11 is 0. The van der Waals surface area contributed by atoms with Gasteiger partial charge in [0.05, 0.1) is 12.6 Å². The van der Waals surface area contributed by atoms with Crippen molar-refractivity contribution in [3.63, 3.8) is 0 Å². The molecule has 0 aromatic heterocycles. The van der Waals surface area contributed by atoms with Gasteiger partial charge in [0, 0.05) is 37.1 Å². The fourth-order valence-corrected chi connectivity index (χ4v) is 3.96. The first-order valence-electron chi connectivity index (χ1n) is 9.63. The smallest absolute Gasteiger partial charge is 0.223 e. The number of nitrogens with one attached hydrogen (secondary N) is 3. The molecule has 0 heterocycles. The number of carbonyl (C=O) groups is 1. The molecule has 0 saturated heterocycles. The highest BCUT2D eigenvalue weighted by molar-refractivity contribution is 5.81. The van der Waals surface area contributed by atoms with Crippen molar-refractivity contribution in [1.82, 2.24) is 16.0 Å². The van der Waals surface area contributed by atoms with Crippen molar-refractivity contribution < 1.29 is 9.53 Å². The molecular formula is C18H32N4O2. The highest BCUT2D eigenvalue weighted by atomic mass is 16.5. The average molecular weight is 336 g/mol. The number of amides is 1. The number of ether oxygens (including phenoxy) is 1. The predicted octanol–water partition coefficient (Wildman–Crippen LogP) is 1.42. The van der Waals surface area contributed by atoms with Gasteiger partial charge < -0.3 is 20.7 Å². The van der Waals surface area contributed by atoms with Crippen LogP contribution in [0.15, 0.2) is 4.99 Å². The van der Waals surface area contributed by atoms with E-state index in [4.69, 9.17) is 4.74 Å². The molecule has 0 aromatic carbocycles. The molecule has 3 aliphatic carbocycles. The van der Waals surface area contributed by atoms with E-state index in [0.717, 1.165) is 38.4 Å². The molecule has 3 fully saturated rings. The summed E-state index contributed by atoms with van der Waals surface area (Å²) in [6.45, 7) is 7.03. The van der Waals surface area contributed by atoms with Gasteiger partial charge in [0.1, 0.15) is 0 Å². The van der Waals surface area contributed by atoms with Crippen LogP contribution in [-0.4, -0.2) is 50.3 Å². The molecule has 3 N–H and O–H groups in total. The Kier molecular flexibility index (Phi) is 5.64. The number of aliphatic imine (C=N–C) groups is 1. The van der Waals surface area contributed by atoms with Gasteiger partial charge in [-0.05, 0) is 46.0 Å². The van der Waals surface area contributed by atoms with E-state index in [-0.39, 0.29) is 11.8 Å². The standard InChI is InChI=1S/C18H32N4O2/c1-3-19-17(21-11-10-20-16(23)13-6-7-13)22-14-12-15(24-4-2)18(14)8-5-9-18/h13-15H,3-12H2,1-2H3,(H,20,23)(H2,19,21,22). The van der Waals surface area contributed by atoms with Crippen LogP contribution in [0, 0.1) is 11.3 Å². The van der Waals surface area contributed by atoms with Crippen LogP contribution in [-0.2, 0) is 9.53 Å². The summed E-state index contributed by atoms with van der Waals surface area (Å²) in [4.78, 5) is 16.3. The summed E-state index contributed by atoms with van der Waals surface area (Å²) in [5, 5.41) is 9.89. The summed E-state index contributed by atoms with van der Waals surface area (Å²) < 4.78 is 5.91. The number of hydrogen-bond acceptors (Lipinski definition) is 3. The second-order valence-electron chi connectivity index (χ2n) is 7.29. The average Bonchev–Trinajstić information content (AvgIpc) is 3.33. The molecule has 6 nitrogen and oxygen atoms in total. The highest BCUT2D eigenvalue weighted by Crippen LogP contribution is 2.57. The molecule has 136 valence electrons. The van der Waals surface area contributed by atoms with Crippen LogP contribution in [0.2, 0.25) is 0 Å². The largest absolute Gasteiger partial charge is 0.378 e. The minimum atomic E-state index is 0.190. The van der Waals surface area contributed by atoms with Gasteiger partial charge in [-0.1, -0.05) is 6.42 Å². The van der Waals surface area contributed by atoms with Crippen molar-refractivity contribution in [2.45, 2.75) is 64.5 Å². The molecule has 3 rings (SSSR count). The van der Waals surface area contributed by atoms with Crippen LogP contribution in [0.5, 0.6) is 0 Å². The lowest BCUT2D eigenvalue weighted by Crippen LogP contribution is -2.68. The van der Waals surface area contributed by atoms with Crippen LogP contribution < -0.4 is 16.0 Å². The van der Waals surface area contributed by atoms with Gasteiger partial charge in [-0.15, -0.1) is 0 Å². The van der Waals surface area contributed by atoms with E-state index in [1.54, 1.807) is 0 Å². The first-order chi connectivity index (χ1) is 11.7. The second kappa shape index (κ2) is 7.72. The summed E-state index contributed by atoms with van der Waals surface area (Å²) in [7, 11) is 0. The number of nitrogens with zero attached hydrogens (tertiary/aromatic N) is 1. The van der Waals surface area contributed by atoms with Crippen LogP contribution in [0.4, 0.5) is 0 Å². The van der Waals surface area contributed by atoms with Gasteiger partial charge in [0.25, 0.3) is 0 Å². The lowest BCUT2D eigenvalue weighted by molar-refractivity contribution is -0.168. The first kappa shape index (κ1) is 17.5. The van der Waals surface area contributed by atoms with Gasteiger partial charge in [-0.25, -0.2) is 0 Å². The molecule has 0 aromatic rings. The number of guanidine groups is 1. The molecule has 2 atom stereocenters. The molecule has 1 spiro atoms. The fraction of sp³-hybridized carbons (Fsp3) is 0.889. The maximum Gasteiger partial charge on any atom is 0.223 e. The molecule has 3 aliphatic rings. The molecule has 0 bridgehead atoms. The Morgan fingerprint density at radius 3 is 2.62 bits per heavy atom. The molecule has 2 unspecified atom stereocenters. The quantitative estimate of drug-likeness (QED) is 0.356. The van der Waals surface area contributed by atoms with Crippen molar-refractivity contribution >= 4 is 11.9 Å². The van der Waals surface area contributed by atoms with Crippen molar-refractivity contribution in [2.75, 3.05) is 26.2 Å². The minimum absolute atomic E-state index is 0.190. The Bertz CT molecular complexity index is 472. The Morgan fingerprint density at radius 1 is 1.25 bits per heavy atom. The van der Waals surface area contributed by atoms with E-state index in [9.17, 15) is 4.79 Å². The summed E-state index contributed by atoms with van der Waals surface area (Å²) in [5.41, 5.74) is 0.326. The van der Waals surface area contributed by atoms with E-state index < -0.39 is 0 Å².